The van der Waals surface area contributed by atoms with Crippen molar-refractivity contribution in [2.24, 2.45) is 5.11 Å². The van der Waals surface area contributed by atoms with E-state index >= 15 is 0 Å². The van der Waals surface area contributed by atoms with Gasteiger partial charge in [-0.1, -0.05) is 23.3 Å². The summed E-state index contributed by atoms with van der Waals surface area (Å²) in [7, 11) is -2.98. The molecule has 188 valence electrons. The molecule has 15 heteroatoms. The van der Waals surface area contributed by atoms with E-state index in [1.54, 1.807) is 30.3 Å². The Hall–Kier alpha value is -3.41. The van der Waals surface area contributed by atoms with E-state index in [9.17, 15) is 18.9 Å². The summed E-state index contributed by atoms with van der Waals surface area (Å²) < 4.78 is 36.3. The summed E-state index contributed by atoms with van der Waals surface area (Å²) in [5.41, 5.74) is 8.03. The lowest BCUT2D eigenvalue weighted by molar-refractivity contribution is -0.142. The Morgan fingerprint density at radius 3 is 2.77 bits per heavy atom. The molecule has 0 saturated carbocycles. The first-order chi connectivity index (χ1) is 16.7. The number of nitrogens with zero attached hydrogens (tertiary/aromatic N) is 4. The summed E-state index contributed by atoms with van der Waals surface area (Å²) in [5.74, 6) is -0.477. The maximum Gasteiger partial charge on any atom is 0.459 e. The van der Waals surface area contributed by atoms with Crippen molar-refractivity contribution in [3.05, 3.63) is 73.4 Å². The maximum absolute atomic E-state index is 13.5. The van der Waals surface area contributed by atoms with Crippen LogP contribution in [0.5, 0.6) is 5.75 Å². The number of aryl methyl sites for hydroxylation is 1. The quantitative estimate of drug-likeness (QED) is 0.159. The van der Waals surface area contributed by atoms with Crippen LogP contribution in [0.3, 0.4) is 0 Å². The van der Waals surface area contributed by atoms with Crippen LogP contribution in [0.25, 0.3) is 10.4 Å². The Bertz CT molecular complexity index is 1260. The number of esters is 1. The van der Waals surface area contributed by atoms with E-state index in [1.807, 2.05) is 0 Å². The number of methoxy groups -OCH3 is 1. The molecule has 14 nitrogen and oxygen atoms in total. The van der Waals surface area contributed by atoms with Crippen LogP contribution in [-0.4, -0.2) is 47.4 Å². The third-order valence-corrected chi connectivity index (χ3v) is 6.79. The number of para-hydroxylation sites is 1. The lowest BCUT2D eigenvalue weighted by Crippen LogP contribution is -2.36. The molecule has 1 aromatic heterocycles. The van der Waals surface area contributed by atoms with Gasteiger partial charge in [0.2, 0.25) is 0 Å². The zero-order valence-corrected chi connectivity index (χ0v) is 20.1. The predicted octanol–water partition coefficient (Wildman–Crippen LogP) is 2.17. The van der Waals surface area contributed by atoms with Gasteiger partial charge in [0.05, 0.1) is 25.9 Å². The van der Waals surface area contributed by atoms with Crippen LogP contribution >= 0.6 is 7.75 Å². The fourth-order valence-electron chi connectivity index (χ4n) is 3.37. The first-order valence-electron chi connectivity index (χ1n) is 10.5. The number of hydrogen-bond acceptors (Lipinski definition) is 9. The fraction of sp³-hybridized carbons (Fsp3) is 0.450. The van der Waals surface area contributed by atoms with E-state index in [4.69, 9.17) is 19.3 Å². The second-order valence-corrected chi connectivity index (χ2v) is 9.38. The molecule has 0 radical (unpaired) electrons. The molecular weight excluding hydrogens is 483 g/mol. The number of benzene rings is 1. The summed E-state index contributed by atoms with van der Waals surface area (Å²) in [5, 5.41) is 6.21. The summed E-state index contributed by atoms with van der Waals surface area (Å²) in [6.07, 6.45) is -0.360. The molecule has 1 aliphatic rings. The van der Waals surface area contributed by atoms with E-state index < -0.39 is 49.4 Å². The Morgan fingerprint density at radius 2 is 2.11 bits per heavy atom. The summed E-state index contributed by atoms with van der Waals surface area (Å²) in [6, 6.07) is 6.34. The van der Waals surface area contributed by atoms with Gasteiger partial charge >= 0.3 is 19.4 Å². The minimum absolute atomic E-state index is 0.0965. The Balaban J connectivity index is 1.81. The number of carbonyl (C=O) groups excluding carboxylic acids is 1. The molecule has 1 saturated heterocycles. The monoisotopic (exact) mass is 508 g/mol. The SMILES string of the molecule is COC(=O)C(C)NP(=O)(OCC1OC(n2cc(C)c(=O)[nH]c2=O)CC1N=[N+]=[N-])Oc1ccccc1. The number of H-pyrrole nitrogens is 1. The number of aromatic amines is 1. The highest BCUT2D eigenvalue weighted by atomic mass is 31.2. The van der Waals surface area contributed by atoms with Crippen molar-refractivity contribution in [3.8, 4) is 5.75 Å². The van der Waals surface area contributed by atoms with Crippen molar-refractivity contribution < 1.29 is 27.9 Å². The Kier molecular flexibility index (Phi) is 8.49. The van der Waals surface area contributed by atoms with Gasteiger partial charge in [0.15, 0.2) is 0 Å². The van der Waals surface area contributed by atoms with Gasteiger partial charge in [-0.2, -0.15) is 5.09 Å². The maximum atomic E-state index is 13.5. The van der Waals surface area contributed by atoms with Crippen molar-refractivity contribution in [2.45, 2.75) is 44.7 Å². The minimum atomic E-state index is -4.16. The molecule has 2 aromatic rings. The first kappa shape index (κ1) is 26.2. The van der Waals surface area contributed by atoms with Gasteiger partial charge < -0.3 is 14.0 Å². The Morgan fingerprint density at radius 1 is 1.40 bits per heavy atom. The van der Waals surface area contributed by atoms with Crippen molar-refractivity contribution >= 4 is 13.7 Å². The van der Waals surface area contributed by atoms with Crippen LogP contribution in [0.1, 0.15) is 25.1 Å². The van der Waals surface area contributed by atoms with Crippen LogP contribution < -0.4 is 20.9 Å². The number of ether oxygens (including phenoxy) is 2. The van der Waals surface area contributed by atoms with Crippen LogP contribution in [0.15, 0.2) is 51.2 Å². The lowest BCUT2D eigenvalue weighted by atomic mass is 10.1. The third-order valence-electron chi connectivity index (χ3n) is 5.14. The number of aromatic nitrogens is 2. The van der Waals surface area contributed by atoms with E-state index in [0.29, 0.717) is 0 Å². The molecule has 2 heterocycles. The van der Waals surface area contributed by atoms with E-state index in [0.717, 1.165) is 0 Å². The highest BCUT2D eigenvalue weighted by Crippen LogP contribution is 2.46. The van der Waals surface area contributed by atoms with Gasteiger partial charge in [-0.15, -0.1) is 0 Å². The van der Waals surface area contributed by atoms with Crippen LogP contribution in [0, 0.1) is 6.92 Å². The van der Waals surface area contributed by atoms with Crippen molar-refractivity contribution in [2.75, 3.05) is 13.7 Å². The normalized spacial score (nSPS) is 22.0. The van der Waals surface area contributed by atoms with E-state index in [-0.39, 0.29) is 24.3 Å². The average Bonchev–Trinajstić information content (AvgIpc) is 3.23. The second kappa shape index (κ2) is 11.3. The van der Waals surface area contributed by atoms with Gasteiger partial charge in [-0.25, -0.2) is 9.36 Å². The third kappa shape index (κ3) is 6.59. The molecule has 0 bridgehead atoms. The van der Waals surface area contributed by atoms with Crippen LogP contribution in [-0.2, 0) is 23.4 Å². The molecule has 35 heavy (non-hydrogen) atoms. The number of carbonyl (C=O) groups is 1. The zero-order valence-electron chi connectivity index (χ0n) is 19.2. The standard InChI is InChI=1S/C20H25N6O8P/c1-12-10-26(20(29)22-18(12)27)17-9-15(23-25-21)16(33-17)11-32-35(30,24-13(2)19(28)31-3)34-14-7-5-4-6-8-14/h4-8,10,13,15-17H,9,11H2,1-3H3,(H,24,30)(H,22,27,29). The van der Waals surface area contributed by atoms with Gasteiger partial charge in [0, 0.05) is 23.1 Å². The first-order valence-corrected chi connectivity index (χ1v) is 12.1. The molecular formula is C20H25N6O8P. The second-order valence-electron chi connectivity index (χ2n) is 7.69. The predicted molar refractivity (Wildman–Crippen MR) is 123 cm³/mol. The van der Waals surface area contributed by atoms with Gasteiger partial charge in [0.1, 0.15) is 18.0 Å². The average molecular weight is 508 g/mol. The fourth-order valence-corrected chi connectivity index (χ4v) is 4.87. The summed E-state index contributed by atoms with van der Waals surface area (Å²) in [6.45, 7) is 2.58. The van der Waals surface area contributed by atoms with Gasteiger partial charge in [-0.3, -0.25) is 23.7 Å². The summed E-state index contributed by atoms with van der Waals surface area (Å²) >= 11 is 0. The van der Waals surface area contributed by atoms with Gasteiger partial charge in [0.25, 0.3) is 5.56 Å². The molecule has 0 aliphatic carbocycles. The van der Waals surface area contributed by atoms with Gasteiger partial charge in [-0.05, 0) is 31.5 Å². The molecule has 3 rings (SSSR count). The number of hydrogen-bond donors (Lipinski definition) is 2. The molecule has 0 spiro atoms. The van der Waals surface area contributed by atoms with E-state index in [1.165, 1.54) is 31.7 Å². The van der Waals surface area contributed by atoms with Crippen molar-refractivity contribution in [3.63, 3.8) is 0 Å². The Labute approximate surface area is 199 Å². The lowest BCUT2D eigenvalue weighted by Gasteiger charge is -2.24. The summed E-state index contributed by atoms with van der Waals surface area (Å²) in [4.78, 5) is 40.8. The van der Waals surface area contributed by atoms with Crippen molar-refractivity contribution in [1.82, 2.24) is 14.6 Å². The molecule has 1 aromatic carbocycles. The zero-order chi connectivity index (χ0) is 25.6. The molecule has 5 atom stereocenters. The topological polar surface area (TPSA) is 187 Å². The molecule has 0 amide bonds. The largest absolute Gasteiger partial charge is 0.468 e. The number of azide groups is 1. The van der Waals surface area contributed by atoms with Crippen LogP contribution in [0.2, 0.25) is 0 Å². The van der Waals surface area contributed by atoms with Crippen LogP contribution in [0.4, 0.5) is 0 Å². The molecule has 1 fully saturated rings. The number of nitrogens with one attached hydrogen (secondary N) is 2. The highest BCUT2D eigenvalue weighted by Gasteiger charge is 2.40. The minimum Gasteiger partial charge on any atom is -0.468 e. The van der Waals surface area contributed by atoms with E-state index in [2.05, 4.69) is 24.8 Å². The highest BCUT2D eigenvalue weighted by molar-refractivity contribution is 7.52. The number of rotatable bonds is 10. The van der Waals surface area contributed by atoms with Crippen molar-refractivity contribution in [1.29, 1.82) is 0 Å². The molecule has 2 N–H and O–H groups in total. The molecule has 5 unspecified atom stereocenters. The molecule has 1 aliphatic heterocycles. The smallest absolute Gasteiger partial charge is 0.459 e.